The molecule has 0 fully saturated rings. The van der Waals surface area contributed by atoms with Gasteiger partial charge in [-0.15, -0.1) is 0 Å². The first kappa shape index (κ1) is 16.2. The molecule has 1 aliphatic rings. The Morgan fingerprint density at radius 3 is 3.08 bits per heavy atom. The average molecular weight is 330 g/mol. The van der Waals surface area contributed by atoms with Gasteiger partial charge in [-0.05, 0) is 42.2 Å². The summed E-state index contributed by atoms with van der Waals surface area (Å²) >= 11 is 0. The van der Waals surface area contributed by atoms with Crippen molar-refractivity contribution in [1.29, 1.82) is 0 Å². The van der Waals surface area contributed by atoms with Gasteiger partial charge in [-0.2, -0.15) is 5.10 Å². The van der Waals surface area contributed by atoms with E-state index in [1.807, 2.05) is 13.2 Å². The summed E-state index contributed by atoms with van der Waals surface area (Å²) < 4.78 is 15.2. The van der Waals surface area contributed by atoms with E-state index in [4.69, 9.17) is 0 Å². The zero-order valence-corrected chi connectivity index (χ0v) is 13.4. The number of aromatic nitrogens is 2. The molecular weight excluding hydrogens is 311 g/mol. The number of fused-ring (bicyclic) bond motifs is 1. The van der Waals surface area contributed by atoms with Crippen LogP contribution >= 0.6 is 0 Å². The van der Waals surface area contributed by atoms with Gasteiger partial charge in [-0.1, -0.05) is 0 Å². The Hall–Kier alpha value is -2.70. The summed E-state index contributed by atoms with van der Waals surface area (Å²) in [6.07, 6.45) is 5.35. The second kappa shape index (κ2) is 6.82. The average Bonchev–Trinajstić information content (AvgIpc) is 2.96. The molecule has 2 N–H and O–H groups in total. The number of hydrogen-bond donors (Lipinski definition) is 2. The van der Waals surface area contributed by atoms with E-state index in [1.54, 1.807) is 10.9 Å². The Morgan fingerprint density at radius 1 is 1.50 bits per heavy atom. The molecular formula is C17H19FN4O2. The van der Waals surface area contributed by atoms with Crippen molar-refractivity contribution >= 4 is 17.5 Å². The minimum atomic E-state index is -0.650. The Kier molecular flexibility index (Phi) is 4.59. The number of hydrogen-bond acceptors (Lipinski definition) is 3. The number of nitrogens with one attached hydrogen (secondary N) is 2. The molecule has 0 unspecified atom stereocenters. The van der Waals surface area contributed by atoms with Gasteiger partial charge in [0.1, 0.15) is 5.82 Å². The van der Waals surface area contributed by atoms with Crippen LogP contribution in [0, 0.1) is 5.82 Å². The molecule has 0 spiro atoms. The number of rotatable bonds is 5. The highest BCUT2D eigenvalue weighted by Crippen LogP contribution is 2.32. The fourth-order valence-electron chi connectivity index (χ4n) is 2.89. The van der Waals surface area contributed by atoms with Crippen molar-refractivity contribution in [1.82, 2.24) is 15.1 Å². The number of benzene rings is 1. The normalized spacial score (nSPS) is 16.4. The third kappa shape index (κ3) is 3.61. The molecule has 0 saturated carbocycles. The molecule has 1 aliphatic heterocycles. The molecule has 0 bridgehead atoms. The van der Waals surface area contributed by atoms with Crippen molar-refractivity contribution in [3.8, 4) is 0 Å². The number of carbonyl (C=O) groups is 2. The van der Waals surface area contributed by atoms with E-state index in [1.165, 1.54) is 18.2 Å². The standard InChI is InChI=1S/C17H19FN4O2/c1-22-10-11(9-20-22)3-2-6-19-17(24)14-8-16(23)21-15-5-4-12(18)7-13(14)15/h4-5,7,9-10,14H,2-3,6,8H2,1H3,(H,19,24)(H,21,23)/t14-/m1/s1. The van der Waals surface area contributed by atoms with Crippen LogP contribution in [0.3, 0.4) is 0 Å². The number of carbonyl (C=O) groups excluding carboxylic acids is 2. The van der Waals surface area contributed by atoms with Gasteiger partial charge in [0.05, 0.1) is 12.1 Å². The molecule has 0 saturated heterocycles. The summed E-state index contributed by atoms with van der Waals surface area (Å²) in [5, 5.41) is 9.60. The minimum Gasteiger partial charge on any atom is -0.356 e. The van der Waals surface area contributed by atoms with Crippen molar-refractivity contribution in [2.45, 2.75) is 25.2 Å². The van der Waals surface area contributed by atoms with E-state index in [0.717, 1.165) is 18.4 Å². The molecule has 3 rings (SSSR count). The molecule has 126 valence electrons. The van der Waals surface area contributed by atoms with Crippen molar-refractivity contribution < 1.29 is 14.0 Å². The lowest BCUT2D eigenvalue weighted by Gasteiger charge is -2.24. The lowest BCUT2D eigenvalue weighted by molar-refractivity contribution is -0.126. The minimum absolute atomic E-state index is 0.0326. The quantitative estimate of drug-likeness (QED) is 0.820. The molecule has 0 radical (unpaired) electrons. The topological polar surface area (TPSA) is 76.0 Å². The SMILES string of the molecule is Cn1cc(CCCNC(=O)[C@@H]2CC(=O)Nc3ccc(F)cc32)cn1. The number of aryl methyl sites for hydroxylation is 2. The predicted octanol–water partition coefficient (Wildman–Crippen LogP) is 1.73. The lowest BCUT2D eigenvalue weighted by Crippen LogP contribution is -2.35. The monoisotopic (exact) mass is 330 g/mol. The Bertz CT molecular complexity index is 772. The van der Waals surface area contributed by atoms with Crippen LogP contribution in [0.4, 0.5) is 10.1 Å². The van der Waals surface area contributed by atoms with Gasteiger partial charge in [0.25, 0.3) is 0 Å². The molecule has 2 heterocycles. The van der Waals surface area contributed by atoms with Gasteiger partial charge < -0.3 is 10.6 Å². The fraction of sp³-hybridized carbons (Fsp3) is 0.353. The first-order valence-corrected chi connectivity index (χ1v) is 7.87. The molecule has 24 heavy (non-hydrogen) atoms. The molecule has 2 amide bonds. The van der Waals surface area contributed by atoms with Gasteiger partial charge in [-0.25, -0.2) is 4.39 Å². The highest BCUT2D eigenvalue weighted by molar-refractivity contribution is 6.01. The summed E-state index contributed by atoms with van der Waals surface area (Å²) in [6, 6.07) is 4.08. The molecule has 1 aromatic heterocycles. The van der Waals surface area contributed by atoms with E-state index in [0.29, 0.717) is 17.8 Å². The van der Waals surface area contributed by atoms with E-state index >= 15 is 0 Å². The zero-order valence-electron chi connectivity index (χ0n) is 13.4. The highest BCUT2D eigenvalue weighted by atomic mass is 19.1. The van der Waals surface area contributed by atoms with Gasteiger partial charge in [0, 0.05) is 31.9 Å². The van der Waals surface area contributed by atoms with Crippen LogP contribution in [0.15, 0.2) is 30.6 Å². The molecule has 7 heteroatoms. The van der Waals surface area contributed by atoms with Crippen LogP contribution in [0.2, 0.25) is 0 Å². The number of anilines is 1. The number of halogens is 1. The van der Waals surface area contributed by atoms with Gasteiger partial charge >= 0.3 is 0 Å². The van der Waals surface area contributed by atoms with Crippen LogP contribution in [-0.2, 0) is 23.1 Å². The number of nitrogens with zero attached hydrogens (tertiary/aromatic N) is 2. The first-order chi connectivity index (χ1) is 11.5. The van der Waals surface area contributed by atoms with Crippen LogP contribution in [0.5, 0.6) is 0 Å². The predicted molar refractivity (Wildman–Crippen MR) is 86.9 cm³/mol. The summed E-state index contributed by atoms with van der Waals surface area (Å²) in [4.78, 5) is 24.2. The smallest absolute Gasteiger partial charge is 0.228 e. The number of amides is 2. The third-order valence-corrected chi connectivity index (χ3v) is 4.07. The Balaban J connectivity index is 1.59. The Morgan fingerprint density at radius 2 is 2.33 bits per heavy atom. The van der Waals surface area contributed by atoms with Gasteiger partial charge in [0.15, 0.2) is 0 Å². The summed E-state index contributed by atoms with van der Waals surface area (Å²) in [7, 11) is 1.86. The molecule has 1 atom stereocenters. The first-order valence-electron chi connectivity index (χ1n) is 7.87. The summed E-state index contributed by atoms with van der Waals surface area (Å²) in [6.45, 7) is 0.497. The van der Waals surface area contributed by atoms with E-state index in [9.17, 15) is 14.0 Å². The van der Waals surface area contributed by atoms with Crippen LogP contribution in [0.1, 0.15) is 29.9 Å². The zero-order chi connectivity index (χ0) is 17.1. The maximum absolute atomic E-state index is 13.5. The molecule has 1 aromatic carbocycles. The molecule has 6 nitrogen and oxygen atoms in total. The van der Waals surface area contributed by atoms with Gasteiger partial charge in [0.2, 0.25) is 11.8 Å². The van der Waals surface area contributed by atoms with Crippen molar-refractivity contribution in [3.05, 3.63) is 47.5 Å². The summed E-state index contributed by atoms with van der Waals surface area (Å²) in [5.74, 6) is -1.55. The largest absolute Gasteiger partial charge is 0.356 e. The van der Waals surface area contributed by atoms with Crippen molar-refractivity contribution in [2.75, 3.05) is 11.9 Å². The van der Waals surface area contributed by atoms with E-state index < -0.39 is 11.7 Å². The second-order valence-electron chi connectivity index (χ2n) is 5.95. The highest BCUT2D eigenvalue weighted by Gasteiger charge is 2.30. The second-order valence-corrected chi connectivity index (χ2v) is 5.95. The van der Waals surface area contributed by atoms with E-state index in [-0.39, 0.29) is 18.2 Å². The van der Waals surface area contributed by atoms with E-state index in [2.05, 4.69) is 15.7 Å². The van der Waals surface area contributed by atoms with Crippen LogP contribution in [0.25, 0.3) is 0 Å². The fourth-order valence-corrected chi connectivity index (χ4v) is 2.89. The Labute approximate surface area is 139 Å². The van der Waals surface area contributed by atoms with Crippen molar-refractivity contribution in [3.63, 3.8) is 0 Å². The molecule has 0 aliphatic carbocycles. The maximum atomic E-state index is 13.5. The lowest BCUT2D eigenvalue weighted by atomic mass is 9.89. The van der Waals surface area contributed by atoms with Gasteiger partial charge in [-0.3, -0.25) is 14.3 Å². The summed E-state index contributed by atoms with van der Waals surface area (Å²) in [5.41, 5.74) is 2.14. The molecule has 2 aromatic rings. The third-order valence-electron chi connectivity index (χ3n) is 4.07. The van der Waals surface area contributed by atoms with Crippen LogP contribution in [-0.4, -0.2) is 28.1 Å². The maximum Gasteiger partial charge on any atom is 0.228 e. The van der Waals surface area contributed by atoms with Crippen LogP contribution < -0.4 is 10.6 Å². The van der Waals surface area contributed by atoms with Crippen molar-refractivity contribution in [2.24, 2.45) is 7.05 Å².